The fourth-order valence-corrected chi connectivity index (χ4v) is 3.40. The van der Waals surface area contributed by atoms with Crippen LogP contribution in [0.2, 0.25) is 0 Å². The van der Waals surface area contributed by atoms with Crippen LogP contribution >= 0.6 is 0 Å². The molecule has 3 rings (SSSR count). The van der Waals surface area contributed by atoms with E-state index < -0.39 is 0 Å². The molecule has 0 bridgehead atoms. The summed E-state index contributed by atoms with van der Waals surface area (Å²) >= 11 is 0. The lowest BCUT2D eigenvalue weighted by Crippen LogP contribution is -2.35. The third-order valence-corrected chi connectivity index (χ3v) is 5.00. The van der Waals surface area contributed by atoms with Gasteiger partial charge in [0, 0.05) is 30.9 Å². The highest BCUT2D eigenvalue weighted by molar-refractivity contribution is 5.40. The Balaban J connectivity index is 1.83. The van der Waals surface area contributed by atoms with E-state index in [9.17, 15) is 4.79 Å². The number of aromatic nitrogens is 2. The molecule has 0 aliphatic rings. The summed E-state index contributed by atoms with van der Waals surface area (Å²) in [5.41, 5.74) is 3.58. The Kier molecular flexibility index (Phi) is 6.37. The fourth-order valence-electron chi connectivity index (χ4n) is 3.40. The number of likely N-dealkylation sites (N-methyl/N-ethyl adjacent to an activating group) is 1. The topological polar surface area (TPSA) is 49.6 Å². The summed E-state index contributed by atoms with van der Waals surface area (Å²) in [4.78, 5) is 19.6. The van der Waals surface area contributed by atoms with Gasteiger partial charge in [-0.3, -0.25) is 9.20 Å². The molecule has 0 saturated carbocycles. The van der Waals surface area contributed by atoms with Crippen LogP contribution in [0.5, 0.6) is 0 Å². The van der Waals surface area contributed by atoms with Gasteiger partial charge in [-0.15, -0.1) is 0 Å². The van der Waals surface area contributed by atoms with Crippen LogP contribution in [-0.2, 0) is 6.54 Å². The SMILES string of the molecule is CCN(CC)C[C@H](NCc1cc(=O)n2c(C)cccc2n1)c1ccccc1. The minimum absolute atomic E-state index is 0.0325. The van der Waals surface area contributed by atoms with Crippen LogP contribution in [0.4, 0.5) is 0 Å². The van der Waals surface area contributed by atoms with Gasteiger partial charge in [-0.05, 0) is 37.7 Å². The molecule has 5 nitrogen and oxygen atoms in total. The van der Waals surface area contributed by atoms with Gasteiger partial charge < -0.3 is 10.2 Å². The molecular weight excluding hydrogens is 336 g/mol. The number of nitrogens with one attached hydrogen (secondary N) is 1. The molecule has 0 aliphatic carbocycles. The molecule has 0 aliphatic heterocycles. The van der Waals surface area contributed by atoms with E-state index in [-0.39, 0.29) is 11.6 Å². The minimum atomic E-state index is -0.0325. The maximum absolute atomic E-state index is 12.5. The standard InChI is InChI=1S/C22H28N4O/c1-4-25(5-2)16-20(18-11-7-6-8-12-18)23-15-19-14-22(27)26-17(3)10-9-13-21(26)24-19/h6-14,20,23H,4-5,15-16H2,1-3H3/t20-/m0/s1. The van der Waals surface area contributed by atoms with E-state index in [2.05, 4.69) is 53.3 Å². The maximum Gasteiger partial charge on any atom is 0.258 e. The van der Waals surface area contributed by atoms with Crippen molar-refractivity contribution in [3.8, 4) is 0 Å². The van der Waals surface area contributed by atoms with E-state index >= 15 is 0 Å². The number of pyridine rings is 1. The summed E-state index contributed by atoms with van der Waals surface area (Å²) in [6.07, 6.45) is 0. The summed E-state index contributed by atoms with van der Waals surface area (Å²) in [5, 5.41) is 3.61. The second-order valence-electron chi connectivity index (χ2n) is 6.78. The Morgan fingerprint density at radius 1 is 1.07 bits per heavy atom. The van der Waals surface area contributed by atoms with Crippen LogP contribution in [-0.4, -0.2) is 33.9 Å². The van der Waals surface area contributed by atoms with Crippen LogP contribution in [0.1, 0.15) is 36.8 Å². The second-order valence-corrected chi connectivity index (χ2v) is 6.78. The van der Waals surface area contributed by atoms with E-state index in [1.165, 1.54) is 5.56 Å². The predicted octanol–water partition coefficient (Wildman–Crippen LogP) is 3.18. The second kappa shape index (κ2) is 8.93. The fraction of sp³-hybridized carbons (Fsp3) is 0.364. The number of benzene rings is 1. The number of rotatable bonds is 8. The molecule has 0 unspecified atom stereocenters. The van der Waals surface area contributed by atoms with E-state index in [0.29, 0.717) is 12.2 Å². The number of hydrogen-bond donors (Lipinski definition) is 1. The van der Waals surface area contributed by atoms with Crippen LogP contribution in [0.15, 0.2) is 59.4 Å². The van der Waals surface area contributed by atoms with Gasteiger partial charge in [-0.2, -0.15) is 0 Å². The van der Waals surface area contributed by atoms with Crippen molar-refractivity contribution in [1.29, 1.82) is 0 Å². The van der Waals surface area contributed by atoms with Gasteiger partial charge in [0.1, 0.15) is 5.65 Å². The molecule has 0 amide bonds. The quantitative estimate of drug-likeness (QED) is 0.667. The normalized spacial score (nSPS) is 12.6. The van der Waals surface area contributed by atoms with Crippen molar-refractivity contribution in [2.75, 3.05) is 19.6 Å². The van der Waals surface area contributed by atoms with Crippen molar-refractivity contribution in [3.63, 3.8) is 0 Å². The molecule has 1 N–H and O–H groups in total. The van der Waals surface area contributed by atoms with Crippen LogP contribution in [0.25, 0.3) is 5.65 Å². The number of aryl methyl sites for hydroxylation is 1. The maximum atomic E-state index is 12.5. The number of fused-ring (bicyclic) bond motifs is 1. The number of hydrogen-bond acceptors (Lipinski definition) is 4. The lowest BCUT2D eigenvalue weighted by atomic mass is 10.1. The van der Waals surface area contributed by atoms with E-state index in [1.807, 2.05) is 31.2 Å². The summed E-state index contributed by atoms with van der Waals surface area (Å²) in [7, 11) is 0. The monoisotopic (exact) mass is 364 g/mol. The van der Waals surface area contributed by atoms with Crippen molar-refractivity contribution in [3.05, 3.63) is 81.9 Å². The van der Waals surface area contributed by atoms with Gasteiger partial charge in [0.05, 0.1) is 5.69 Å². The molecule has 27 heavy (non-hydrogen) atoms. The first kappa shape index (κ1) is 19.3. The van der Waals surface area contributed by atoms with E-state index in [4.69, 9.17) is 0 Å². The van der Waals surface area contributed by atoms with Crippen molar-refractivity contribution in [2.24, 2.45) is 0 Å². The summed E-state index contributed by atoms with van der Waals surface area (Å²) < 4.78 is 1.65. The highest BCUT2D eigenvalue weighted by atomic mass is 16.1. The average Bonchev–Trinajstić information content (AvgIpc) is 2.69. The molecule has 1 atom stereocenters. The van der Waals surface area contributed by atoms with Gasteiger partial charge >= 0.3 is 0 Å². The van der Waals surface area contributed by atoms with Gasteiger partial charge in [0.2, 0.25) is 0 Å². The van der Waals surface area contributed by atoms with E-state index in [0.717, 1.165) is 31.0 Å². The highest BCUT2D eigenvalue weighted by Crippen LogP contribution is 2.15. The summed E-state index contributed by atoms with van der Waals surface area (Å²) in [6, 6.07) is 18.0. The first-order valence-electron chi connectivity index (χ1n) is 9.61. The van der Waals surface area contributed by atoms with Gasteiger partial charge in [-0.25, -0.2) is 4.98 Å². The number of nitrogens with zero attached hydrogens (tertiary/aromatic N) is 3. The molecule has 142 valence electrons. The lowest BCUT2D eigenvalue weighted by Gasteiger charge is -2.26. The molecule has 0 radical (unpaired) electrons. The Morgan fingerprint density at radius 2 is 1.81 bits per heavy atom. The minimum Gasteiger partial charge on any atom is -0.303 e. The van der Waals surface area contributed by atoms with Crippen LogP contribution in [0.3, 0.4) is 0 Å². The average molecular weight is 364 g/mol. The van der Waals surface area contributed by atoms with Crippen molar-refractivity contribution < 1.29 is 0 Å². The lowest BCUT2D eigenvalue weighted by molar-refractivity contribution is 0.264. The zero-order valence-corrected chi connectivity index (χ0v) is 16.4. The third-order valence-electron chi connectivity index (χ3n) is 5.00. The zero-order chi connectivity index (χ0) is 19.2. The van der Waals surface area contributed by atoms with Gasteiger partial charge in [0.15, 0.2) is 0 Å². The van der Waals surface area contributed by atoms with Crippen molar-refractivity contribution >= 4 is 5.65 Å². The Bertz CT molecular complexity index is 932. The molecule has 0 spiro atoms. The van der Waals surface area contributed by atoms with Crippen LogP contribution < -0.4 is 10.9 Å². The smallest absolute Gasteiger partial charge is 0.258 e. The van der Waals surface area contributed by atoms with Crippen LogP contribution in [0, 0.1) is 6.92 Å². The van der Waals surface area contributed by atoms with Crippen molar-refractivity contribution in [1.82, 2.24) is 19.6 Å². The van der Waals surface area contributed by atoms with Gasteiger partial charge in [0.25, 0.3) is 5.56 Å². The predicted molar refractivity (Wildman–Crippen MR) is 110 cm³/mol. The largest absolute Gasteiger partial charge is 0.303 e. The molecule has 5 heteroatoms. The first-order valence-corrected chi connectivity index (χ1v) is 9.61. The van der Waals surface area contributed by atoms with Gasteiger partial charge in [-0.1, -0.05) is 50.2 Å². The molecule has 0 saturated heterocycles. The Hall–Kier alpha value is -2.50. The highest BCUT2D eigenvalue weighted by Gasteiger charge is 2.15. The third kappa shape index (κ3) is 4.62. The first-order chi connectivity index (χ1) is 13.1. The molecular formula is C22H28N4O. The summed E-state index contributed by atoms with van der Waals surface area (Å²) in [5.74, 6) is 0. The Morgan fingerprint density at radius 3 is 2.52 bits per heavy atom. The molecule has 1 aromatic carbocycles. The molecule has 2 aromatic heterocycles. The summed E-state index contributed by atoms with van der Waals surface area (Å²) in [6.45, 7) is 9.78. The van der Waals surface area contributed by atoms with E-state index in [1.54, 1.807) is 10.5 Å². The molecule has 2 heterocycles. The molecule has 0 fully saturated rings. The molecule has 3 aromatic rings. The zero-order valence-electron chi connectivity index (χ0n) is 16.4. The van der Waals surface area contributed by atoms with Crippen molar-refractivity contribution in [2.45, 2.75) is 33.4 Å². The Labute approximate surface area is 160 Å².